The van der Waals surface area contributed by atoms with Crippen molar-refractivity contribution in [3.8, 4) is 0 Å². The first kappa shape index (κ1) is 16.2. The smallest absolute Gasteiger partial charge is 0.328 e. The molecule has 0 amide bonds. The first-order chi connectivity index (χ1) is 10.7. The SMILES string of the molecule is CCOC(=O)C(Cc1ccccc1)NC(=S)c1ccccc1. The van der Waals surface area contributed by atoms with Crippen molar-refractivity contribution >= 4 is 23.2 Å². The molecule has 0 aliphatic heterocycles. The maximum atomic E-state index is 12.2. The van der Waals surface area contributed by atoms with Crippen molar-refractivity contribution in [2.45, 2.75) is 19.4 Å². The van der Waals surface area contributed by atoms with Crippen LogP contribution in [0.15, 0.2) is 60.7 Å². The molecule has 0 saturated carbocycles. The Balaban J connectivity index is 2.11. The van der Waals surface area contributed by atoms with Crippen molar-refractivity contribution < 1.29 is 9.53 Å². The van der Waals surface area contributed by atoms with Crippen LogP contribution in [-0.4, -0.2) is 23.6 Å². The van der Waals surface area contributed by atoms with Gasteiger partial charge in [-0.25, -0.2) is 4.79 Å². The number of carbonyl (C=O) groups is 1. The molecule has 4 heteroatoms. The molecule has 0 saturated heterocycles. The van der Waals surface area contributed by atoms with E-state index in [0.29, 0.717) is 18.0 Å². The van der Waals surface area contributed by atoms with Crippen molar-refractivity contribution in [3.63, 3.8) is 0 Å². The fourth-order valence-corrected chi connectivity index (χ4v) is 2.40. The van der Waals surface area contributed by atoms with Crippen LogP contribution < -0.4 is 5.32 Å². The lowest BCUT2D eigenvalue weighted by Crippen LogP contribution is -2.43. The monoisotopic (exact) mass is 313 g/mol. The zero-order chi connectivity index (χ0) is 15.8. The molecular formula is C18H19NO2S. The zero-order valence-electron chi connectivity index (χ0n) is 12.5. The molecule has 0 aliphatic rings. The highest BCUT2D eigenvalue weighted by molar-refractivity contribution is 7.80. The van der Waals surface area contributed by atoms with Crippen molar-refractivity contribution in [2.24, 2.45) is 0 Å². The molecule has 1 atom stereocenters. The number of carbonyl (C=O) groups excluding carboxylic acids is 1. The topological polar surface area (TPSA) is 38.3 Å². The van der Waals surface area contributed by atoms with E-state index in [0.717, 1.165) is 11.1 Å². The van der Waals surface area contributed by atoms with E-state index in [-0.39, 0.29) is 5.97 Å². The van der Waals surface area contributed by atoms with Gasteiger partial charge in [0.05, 0.1) is 6.61 Å². The van der Waals surface area contributed by atoms with Crippen molar-refractivity contribution in [3.05, 3.63) is 71.8 Å². The molecule has 22 heavy (non-hydrogen) atoms. The van der Waals surface area contributed by atoms with Gasteiger partial charge in [-0.2, -0.15) is 0 Å². The van der Waals surface area contributed by atoms with Gasteiger partial charge in [0.15, 0.2) is 0 Å². The molecule has 0 heterocycles. The van der Waals surface area contributed by atoms with Gasteiger partial charge in [-0.3, -0.25) is 0 Å². The number of rotatable bonds is 6. The van der Waals surface area contributed by atoms with Gasteiger partial charge in [-0.1, -0.05) is 72.9 Å². The number of hydrogen-bond acceptors (Lipinski definition) is 3. The molecule has 2 aromatic rings. The maximum Gasteiger partial charge on any atom is 0.328 e. The lowest BCUT2D eigenvalue weighted by Gasteiger charge is -2.19. The van der Waals surface area contributed by atoms with Gasteiger partial charge in [0, 0.05) is 12.0 Å². The third kappa shape index (κ3) is 4.67. The van der Waals surface area contributed by atoms with Crippen LogP contribution in [0.2, 0.25) is 0 Å². The van der Waals surface area contributed by atoms with Crippen LogP contribution in [0.1, 0.15) is 18.1 Å². The summed E-state index contributed by atoms with van der Waals surface area (Å²) in [6.45, 7) is 2.15. The summed E-state index contributed by atoms with van der Waals surface area (Å²) in [5.74, 6) is -0.287. The van der Waals surface area contributed by atoms with E-state index in [1.165, 1.54) is 0 Å². The Morgan fingerprint density at radius 3 is 2.27 bits per heavy atom. The van der Waals surface area contributed by atoms with E-state index in [1.54, 1.807) is 6.92 Å². The number of ether oxygens (including phenoxy) is 1. The second-order valence-corrected chi connectivity index (χ2v) is 5.24. The largest absolute Gasteiger partial charge is 0.464 e. The summed E-state index contributed by atoms with van der Waals surface area (Å²) in [5.41, 5.74) is 1.95. The molecule has 0 bridgehead atoms. The summed E-state index contributed by atoms with van der Waals surface area (Å²) in [5, 5.41) is 3.12. The Morgan fingerprint density at radius 1 is 1.09 bits per heavy atom. The molecule has 0 aromatic heterocycles. The van der Waals surface area contributed by atoms with Crippen molar-refractivity contribution in [1.82, 2.24) is 5.32 Å². The highest BCUT2D eigenvalue weighted by Gasteiger charge is 2.21. The van der Waals surface area contributed by atoms with Crippen LogP contribution >= 0.6 is 12.2 Å². The number of benzene rings is 2. The molecule has 0 fully saturated rings. The summed E-state index contributed by atoms with van der Waals surface area (Å²) in [6.07, 6.45) is 0.534. The molecular weight excluding hydrogens is 294 g/mol. The molecule has 0 radical (unpaired) electrons. The fourth-order valence-electron chi connectivity index (χ4n) is 2.12. The van der Waals surface area contributed by atoms with Crippen molar-refractivity contribution in [2.75, 3.05) is 6.61 Å². The second kappa shape index (κ2) is 8.29. The van der Waals surface area contributed by atoms with Crippen LogP contribution in [0.3, 0.4) is 0 Å². The Bertz CT molecular complexity index is 613. The summed E-state index contributed by atoms with van der Waals surface area (Å²) >= 11 is 5.40. The predicted molar refractivity (Wildman–Crippen MR) is 91.8 cm³/mol. The minimum Gasteiger partial charge on any atom is -0.464 e. The van der Waals surface area contributed by atoms with Crippen molar-refractivity contribution in [1.29, 1.82) is 0 Å². The summed E-state index contributed by atoms with van der Waals surface area (Å²) in [7, 11) is 0. The standard InChI is InChI=1S/C18H19NO2S/c1-2-21-18(20)16(13-14-9-5-3-6-10-14)19-17(22)15-11-7-4-8-12-15/h3-12,16H,2,13H2,1H3,(H,19,22). The van der Waals surface area contributed by atoms with Crippen LogP contribution in [0.4, 0.5) is 0 Å². The Kier molecular flexibility index (Phi) is 6.10. The third-order valence-corrected chi connectivity index (χ3v) is 3.55. The minimum atomic E-state index is -0.491. The Labute approximate surface area is 136 Å². The quantitative estimate of drug-likeness (QED) is 0.657. The lowest BCUT2D eigenvalue weighted by atomic mass is 10.1. The van der Waals surface area contributed by atoms with E-state index < -0.39 is 6.04 Å². The first-order valence-electron chi connectivity index (χ1n) is 7.27. The van der Waals surface area contributed by atoms with Gasteiger partial charge in [0.2, 0.25) is 0 Å². The van der Waals surface area contributed by atoms with E-state index >= 15 is 0 Å². The number of esters is 1. The molecule has 0 spiro atoms. The van der Waals surface area contributed by atoms with Crippen LogP contribution in [-0.2, 0) is 16.0 Å². The van der Waals surface area contributed by atoms with Gasteiger partial charge in [0.1, 0.15) is 11.0 Å². The number of nitrogens with one attached hydrogen (secondary N) is 1. The highest BCUT2D eigenvalue weighted by atomic mass is 32.1. The van der Waals surface area contributed by atoms with Gasteiger partial charge in [-0.05, 0) is 12.5 Å². The molecule has 114 valence electrons. The number of thiocarbonyl (C=S) groups is 1. The fraction of sp³-hybridized carbons (Fsp3) is 0.222. The van der Waals surface area contributed by atoms with Gasteiger partial charge >= 0.3 is 5.97 Å². The molecule has 3 nitrogen and oxygen atoms in total. The average Bonchev–Trinajstić information content (AvgIpc) is 2.56. The maximum absolute atomic E-state index is 12.2. The summed E-state index contributed by atoms with van der Waals surface area (Å²) in [4.78, 5) is 12.7. The minimum absolute atomic E-state index is 0.287. The predicted octanol–water partition coefficient (Wildman–Crippen LogP) is 3.13. The van der Waals surface area contributed by atoms with E-state index in [1.807, 2.05) is 60.7 Å². The van der Waals surface area contributed by atoms with E-state index in [4.69, 9.17) is 17.0 Å². The Hall–Kier alpha value is -2.20. The molecule has 2 rings (SSSR count). The normalized spacial score (nSPS) is 11.5. The molecule has 2 aromatic carbocycles. The zero-order valence-corrected chi connectivity index (χ0v) is 13.3. The molecule has 1 unspecified atom stereocenters. The lowest BCUT2D eigenvalue weighted by molar-refractivity contribution is -0.145. The van der Waals surface area contributed by atoms with Crippen LogP contribution in [0.5, 0.6) is 0 Å². The average molecular weight is 313 g/mol. The van der Waals surface area contributed by atoms with Crippen LogP contribution in [0.25, 0.3) is 0 Å². The van der Waals surface area contributed by atoms with E-state index in [2.05, 4.69) is 5.32 Å². The molecule has 0 aliphatic carbocycles. The van der Waals surface area contributed by atoms with Gasteiger partial charge in [-0.15, -0.1) is 0 Å². The summed E-state index contributed by atoms with van der Waals surface area (Å²) < 4.78 is 5.15. The number of hydrogen-bond donors (Lipinski definition) is 1. The first-order valence-corrected chi connectivity index (χ1v) is 7.68. The van der Waals surface area contributed by atoms with E-state index in [9.17, 15) is 4.79 Å². The van der Waals surface area contributed by atoms with Gasteiger partial charge in [0.25, 0.3) is 0 Å². The van der Waals surface area contributed by atoms with Gasteiger partial charge < -0.3 is 10.1 Å². The third-order valence-electron chi connectivity index (χ3n) is 3.20. The molecule has 1 N–H and O–H groups in total. The summed E-state index contributed by atoms with van der Waals surface area (Å²) in [6, 6.07) is 18.9. The highest BCUT2D eigenvalue weighted by Crippen LogP contribution is 2.07. The Morgan fingerprint density at radius 2 is 1.68 bits per heavy atom. The second-order valence-electron chi connectivity index (χ2n) is 4.83. The van der Waals surface area contributed by atoms with Crippen LogP contribution in [0, 0.1) is 0 Å².